The molecular formula is C37H38N2. The second kappa shape index (κ2) is 11.5. The average molecular weight is 511 g/mol. The third kappa shape index (κ3) is 5.62. The van der Waals surface area contributed by atoms with Gasteiger partial charge >= 0.3 is 0 Å². The first-order valence-electron chi connectivity index (χ1n) is 14.4. The molecule has 39 heavy (non-hydrogen) atoms. The molecule has 0 saturated carbocycles. The van der Waals surface area contributed by atoms with Crippen molar-refractivity contribution >= 4 is 11.1 Å². The van der Waals surface area contributed by atoms with Crippen LogP contribution in [-0.2, 0) is 6.42 Å². The molecule has 3 aliphatic rings. The Hall–Kier alpha value is -3.88. The fourth-order valence-electron chi connectivity index (χ4n) is 6.47. The van der Waals surface area contributed by atoms with E-state index in [9.17, 15) is 0 Å². The van der Waals surface area contributed by atoms with Crippen LogP contribution < -0.4 is 11.1 Å². The fourth-order valence-corrected chi connectivity index (χ4v) is 6.47. The normalized spacial score (nSPS) is 21.7. The lowest BCUT2D eigenvalue weighted by molar-refractivity contribution is 0.321. The first-order valence-corrected chi connectivity index (χ1v) is 14.4. The van der Waals surface area contributed by atoms with Crippen LogP contribution in [0.4, 0.5) is 0 Å². The number of nitrogens with one attached hydrogen (secondary N) is 1. The van der Waals surface area contributed by atoms with E-state index in [2.05, 4.69) is 115 Å². The van der Waals surface area contributed by atoms with E-state index in [1.165, 1.54) is 57.4 Å². The molecule has 0 aromatic heterocycles. The molecule has 1 heterocycles. The highest BCUT2D eigenvalue weighted by molar-refractivity contribution is 5.84. The molecule has 0 radical (unpaired) electrons. The van der Waals surface area contributed by atoms with E-state index in [1.54, 1.807) is 0 Å². The molecule has 2 heteroatoms. The van der Waals surface area contributed by atoms with Gasteiger partial charge in [0.25, 0.3) is 0 Å². The molecule has 1 saturated heterocycles. The Bertz CT molecular complexity index is 1480. The Balaban J connectivity index is 1.41. The number of nitrogens with two attached hydrogens (primary N) is 1. The third-order valence-electron chi connectivity index (χ3n) is 8.43. The van der Waals surface area contributed by atoms with Crippen molar-refractivity contribution in [3.63, 3.8) is 0 Å². The van der Waals surface area contributed by atoms with Gasteiger partial charge in [-0.3, -0.25) is 0 Å². The maximum absolute atomic E-state index is 6.53. The van der Waals surface area contributed by atoms with Crippen LogP contribution in [0.2, 0.25) is 0 Å². The van der Waals surface area contributed by atoms with Crippen LogP contribution in [0, 0.1) is 5.92 Å². The summed E-state index contributed by atoms with van der Waals surface area (Å²) in [5, 5.41) is 3.74. The van der Waals surface area contributed by atoms with Gasteiger partial charge in [-0.15, -0.1) is 0 Å². The molecular weight excluding hydrogens is 472 g/mol. The van der Waals surface area contributed by atoms with Crippen molar-refractivity contribution in [2.75, 3.05) is 6.54 Å². The summed E-state index contributed by atoms with van der Waals surface area (Å²) < 4.78 is 0. The van der Waals surface area contributed by atoms with Crippen molar-refractivity contribution < 1.29 is 0 Å². The molecule has 0 spiro atoms. The topological polar surface area (TPSA) is 38.0 Å². The lowest BCUT2D eigenvalue weighted by Gasteiger charge is -2.35. The van der Waals surface area contributed by atoms with Gasteiger partial charge in [0.2, 0.25) is 0 Å². The monoisotopic (exact) mass is 510 g/mol. The second-order valence-electron chi connectivity index (χ2n) is 11.1. The van der Waals surface area contributed by atoms with Crippen LogP contribution >= 0.6 is 0 Å². The summed E-state index contributed by atoms with van der Waals surface area (Å²) in [6.45, 7) is 5.34. The minimum absolute atomic E-state index is 0.489. The molecule has 2 atom stereocenters. The van der Waals surface area contributed by atoms with Crippen LogP contribution in [0.25, 0.3) is 22.3 Å². The van der Waals surface area contributed by atoms with Crippen LogP contribution in [0.3, 0.4) is 0 Å². The van der Waals surface area contributed by atoms with Gasteiger partial charge < -0.3 is 11.1 Å². The van der Waals surface area contributed by atoms with Crippen molar-refractivity contribution in [1.82, 2.24) is 5.32 Å². The van der Waals surface area contributed by atoms with Crippen molar-refractivity contribution in [1.29, 1.82) is 0 Å². The van der Waals surface area contributed by atoms with Gasteiger partial charge in [0.05, 0.1) is 0 Å². The van der Waals surface area contributed by atoms with E-state index in [1.807, 2.05) is 0 Å². The van der Waals surface area contributed by atoms with E-state index >= 15 is 0 Å². The quantitative estimate of drug-likeness (QED) is 0.350. The summed E-state index contributed by atoms with van der Waals surface area (Å²) in [5.74, 6) is 0.619. The minimum atomic E-state index is 0.489. The minimum Gasteiger partial charge on any atom is -0.399 e. The van der Waals surface area contributed by atoms with Gasteiger partial charge in [-0.1, -0.05) is 104 Å². The van der Waals surface area contributed by atoms with Gasteiger partial charge in [0, 0.05) is 17.3 Å². The van der Waals surface area contributed by atoms with E-state index in [-0.39, 0.29) is 0 Å². The summed E-state index contributed by atoms with van der Waals surface area (Å²) in [6, 6.07) is 27.1. The van der Waals surface area contributed by atoms with E-state index in [0.29, 0.717) is 17.7 Å². The van der Waals surface area contributed by atoms with Crippen molar-refractivity contribution in [3.8, 4) is 11.1 Å². The van der Waals surface area contributed by atoms with Gasteiger partial charge in [0.1, 0.15) is 0 Å². The Kier molecular flexibility index (Phi) is 7.47. The number of hydrogen-bond acceptors (Lipinski definition) is 2. The fraction of sp³-hybridized carbons (Fsp3) is 0.243. The van der Waals surface area contributed by atoms with Crippen molar-refractivity contribution in [2.24, 2.45) is 11.7 Å². The maximum Gasteiger partial charge on any atom is 0.0323 e. The zero-order valence-electron chi connectivity index (χ0n) is 22.7. The maximum atomic E-state index is 6.53. The Morgan fingerprint density at radius 3 is 2.59 bits per heavy atom. The number of fused-ring (bicyclic) bond motifs is 1. The summed E-state index contributed by atoms with van der Waals surface area (Å²) in [6.07, 6.45) is 18.0. The lowest BCUT2D eigenvalue weighted by atomic mass is 9.79. The lowest BCUT2D eigenvalue weighted by Crippen LogP contribution is -2.42. The third-order valence-corrected chi connectivity index (χ3v) is 8.43. The summed E-state index contributed by atoms with van der Waals surface area (Å²) >= 11 is 0. The molecule has 6 rings (SSSR count). The number of hydrogen-bond donors (Lipinski definition) is 2. The molecule has 2 aliphatic carbocycles. The average Bonchev–Trinajstić information content (AvgIpc) is 2.99. The highest BCUT2D eigenvalue weighted by Gasteiger charge is 2.28. The number of benzene rings is 3. The smallest absolute Gasteiger partial charge is 0.0323 e. The predicted octanol–water partition coefficient (Wildman–Crippen LogP) is 8.23. The Morgan fingerprint density at radius 1 is 0.949 bits per heavy atom. The molecule has 1 fully saturated rings. The standard InChI is InChI=1S/C37H38N2/c1-26(38)37(32-19-18-30-16-10-20-39-36(30)25-32)35-17-9-8-15-31(35)21-27-22-33(28-11-4-2-5-12-28)24-34(23-27)29-13-6-3-7-14-29/h2-6,8-9,11-13,15,17-19,22-24,30,36,39H,1,7,10,14,16,20-21,25,38H2/b37-32+. The summed E-state index contributed by atoms with van der Waals surface area (Å²) in [4.78, 5) is 0. The zero-order valence-corrected chi connectivity index (χ0v) is 22.7. The highest BCUT2D eigenvalue weighted by atomic mass is 14.9. The highest BCUT2D eigenvalue weighted by Crippen LogP contribution is 2.37. The molecule has 0 bridgehead atoms. The first kappa shape index (κ1) is 25.4. The SMILES string of the molecule is C=C(N)/C(=C1/C=CC2CCCNC2C1)c1ccccc1Cc1cc(C2=CC=CCC2)cc(-c2ccccc2)c1. The summed E-state index contributed by atoms with van der Waals surface area (Å²) in [5.41, 5.74) is 18.6. The summed E-state index contributed by atoms with van der Waals surface area (Å²) in [7, 11) is 0. The zero-order chi connectivity index (χ0) is 26.6. The largest absolute Gasteiger partial charge is 0.399 e. The number of piperidine rings is 1. The van der Waals surface area contributed by atoms with Crippen LogP contribution in [0.1, 0.15) is 54.4 Å². The Labute approximate surface area is 233 Å². The Morgan fingerprint density at radius 2 is 1.77 bits per heavy atom. The van der Waals surface area contributed by atoms with Gasteiger partial charge in [0.15, 0.2) is 0 Å². The number of allylic oxidation sites excluding steroid dienone is 6. The molecule has 1 aliphatic heterocycles. The second-order valence-corrected chi connectivity index (χ2v) is 11.1. The van der Waals surface area contributed by atoms with Gasteiger partial charge in [-0.2, -0.15) is 0 Å². The van der Waals surface area contributed by atoms with E-state index in [0.717, 1.165) is 37.8 Å². The molecule has 3 N–H and O–H groups in total. The molecule has 2 nitrogen and oxygen atoms in total. The number of rotatable bonds is 6. The van der Waals surface area contributed by atoms with Crippen LogP contribution in [0.5, 0.6) is 0 Å². The molecule has 196 valence electrons. The predicted molar refractivity (Wildman–Crippen MR) is 166 cm³/mol. The first-order chi connectivity index (χ1) is 19.2. The van der Waals surface area contributed by atoms with Crippen LogP contribution in [0.15, 0.2) is 121 Å². The molecule has 3 aromatic rings. The molecule has 0 amide bonds. The van der Waals surface area contributed by atoms with Gasteiger partial charge in [-0.05, 0) is 102 Å². The molecule has 2 unspecified atom stereocenters. The molecule has 3 aromatic carbocycles. The van der Waals surface area contributed by atoms with Crippen molar-refractivity contribution in [2.45, 2.75) is 44.6 Å². The van der Waals surface area contributed by atoms with E-state index < -0.39 is 0 Å². The van der Waals surface area contributed by atoms with Crippen molar-refractivity contribution in [3.05, 3.63) is 143 Å². The van der Waals surface area contributed by atoms with Crippen LogP contribution in [-0.4, -0.2) is 12.6 Å². The van der Waals surface area contributed by atoms with Gasteiger partial charge in [-0.25, -0.2) is 0 Å². The van der Waals surface area contributed by atoms with E-state index in [4.69, 9.17) is 5.73 Å².